The molecule has 0 spiro atoms. The quantitative estimate of drug-likeness (QED) is 0.666. The van der Waals surface area contributed by atoms with Crippen LogP contribution in [0.3, 0.4) is 0 Å². The molecule has 7 heteroatoms. The van der Waals surface area contributed by atoms with Crippen LogP contribution in [0, 0.1) is 6.92 Å². The lowest BCUT2D eigenvalue weighted by Gasteiger charge is -2.33. The molecule has 0 bridgehead atoms. The molecule has 2 aromatic carbocycles. The number of benzene rings is 2. The summed E-state index contributed by atoms with van der Waals surface area (Å²) in [4.78, 5) is 18.5. The van der Waals surface area contributed by atoms with Crippen molar-refractivity contribution < 1.29 is 13.9 Å². The van der Waals surface area contributed by atoms with E-state index in [1.165, 1.54) is 0 Å². The second-order valence-electron chi connectivity index (χ2n) is 7.27. The van der Waals surface area contributed by atoms with E-state index in [9.17, 15) is 4.79 Å². The number of fused-ring (bicyclic) bond motifs is 1. The monoisotopic (exact) mass is 394 g/mol. The van der Waals surface area contributed by atoms with Gasteiger partial charge in [-0.15, -0.1) is 0 Å². The third-order valence-electron chi connectivity index (χ3n) is 5.04. The van der Waals surface area contributed by atoms with Gasteiger partial charge in [-0.05, 0) is 30.2 Å². The van der Waals surface area contributed by atoms with Gasteiger partial charge in [0, 0.05) is 44.8 Å². The number of nitrogens with one attached hydrogen (secondary N) is 2. The van der Waals surface area contributed by atoms with Crippen LogP contribution in [0.4, 0.5) is 10.5 Å². The smallest absolute Gasteiger partial charge is 0.410 e. The molecule has 3 aromatic rings. The number of hydrogen-bond acceptors (Lipinski definition) is 6. The molecule has 1 saturated heterocycles. The van der Waals surface area contributed by atoms with E-state index in [4.69, 9.17) is 9.15 Å². The standard InChI is InChI=1S/C22H26N4O3/c1-16-25-20-13-18(7-8-21(20)29-16)23-10-9-19-14-26(12-11-24-19)22(27)28-15-17-5-3-2-4-6-17/h2-8,13,19,23-24H,9-12,14-15H2,1H3/t19-/m1/s1. The fourth-order valence-electron chi connectivity index (χ4n) is 3.54. The second kappa shape index (κ2) is 8.96. The van der Waals surface area contributed by atoms with Gasteiger partial charge in [0.15, 0.2) is 11.5 Å². The molecule has 0 radical (unpaired) electrons. The van der Waals surface area contributed by atoms with Crippen LogP contribution in [0.5, 0.6) is 0 Å². The van der Waals surface area contributed by atoms with E-state index in [0.717, 1.165) is 41.9 Å². The van der Waals surface area contributed by atoms with Crippen molar-refractivity contribution >= 4 is 22.9 Å². The number of carbonyl (C=O) groups excluding carboxylic acids is 1. The number of carbonyl (C=O) groups is 1. The minimum atomic E-state index is -0.250. The number of rotatable bonds is 6. The van der Waals surface area contributed by atoms with Gasteiger partial charge in [0.1, 0.15) is 12.1 Å². The first-order chi connectivity index (χ1) is 14.2. The van der Waals surface area contributed by atoms with Crippen molar-refractivity contribution in [2.24, 2.45) is 0 Å². The first kappa shape index (κ1) is 19.3. The van der Waals surface area contributed by atoms with Crippen LogP contribution in [0.15, 0.2) is 52.9 Å². The minimum absolute atomic E-state index is 0.235. The number of ether oxygens (including phenoxy) is 1. The first-order valence-electron chi connectivity index (χ1n) is 9.97. The van der Waals surface area contributed by atoms with Crippen LogP contribution < -0.4 is 10.6 Å². The van der Waals surface area contributed by atoms with Crippen molar-refractivity contribution in [1.82, 2.24) is 15.2 Å². The van der Waals surface area contributed by atoms with Crippen LogP contribution in [0.2, 0.25) is 0 Å². The second-order valence-corrected chi connectivity index (χ2v) is 7.27. The number of anilines is 1. The zero-order valence-corrected chi connectivity index (χ0v) is 16.6. The van der Waals surface area contributed by atoms with Gasteiger partial charge in [-0.3, -0.25) is 0 Å². The summed E-state index contributed by atoms with van der Waals surface area (Å²) < 4.78 is 11.0. The lowest BCUT2D eigenvalue weighted by molar-refractivity contribution is 0.0845. The Balaban J connectivity index is 1.23. The van der Waals surface area contributed by atoms with Crippen molar-refractivity contribution in [2.45, 2.75) is 26.0 Å². The van der Waals surface area contributed by atoms with Gasteiger partial charge in [0.05, 0.1) is 0 Å². The third kappa shape index (κ3) is 5.06. The lowest BCUT2D eigenvalue weighted by Crippen LogP contribution is -2.53. The van der Waals surface area contributed by atoms with Crippen molar-refractivity contribution in [3.8, 4) is 0 Å². The number of piperazine rings is 1. The van der Waals surface area contributed by atoms with Gasteiger partial charge < -0.3 is 24.7 Å². The fraction of sp³-hybridized carbons (Fsp3) is 0.364. The Hall–Kier alpha value is -3.06. The highest BCUT2D eigenvalue weighted by atomic mass is 16.6. The van der Waals surface area contributed by atoms with Crippen LogP contribution in [0.25, 0.3) is 11.1 Å². The highest BCUT2D eigenvalue weighted by molar-refractivity contribution is 5.77. The van der Waals surface area contributed by atoms with E-state index in [2.05, 4.69) is 15.6 Å². The maximum absolute atomic E-state index is 12.4. The highest BCUT2D eigenvalue weighted by Gasteiger charge is 2.24. The molecule has 2 heterocycles. The van der Waals surface area contributed by atoms with Crippen LogP contribution in [-0.2, 0) is 11.3 Å². The van der Waals surface area contributed by atoms with Crippen LogP contribution >= 0.6 is 0 Å². The molecule has 1 amide bonds. The Bertz CT molecular complexity index is 957. The topological polar surface area (TPSA) is 79.6 Å². The van der Waals surface area contributed by atoms with Gasteiger partial charge >= 0.3 is 6.09 Å². The summed E-state index contributed by atoms with van der Waals surface area (Å²) in [5.74, 6) is 0.669. The molecule has 0 saturated carbocycles. The van der Waals surface area contributed by atoms with E-state index < -0.39 is 0 Å². The van der Waals surface area contributed by atoms with Crippen molar-refractivity contribution in [3.05, 3.63) is 60.0 Å². The van der Waals surface area contributed by atoms with Crippen molar-refractivity contribution in [2.75, 3.05) is 31.5 Å². The Kier molecular flexibility index (Phi) is 5.95. The van der Waals surface area contributed by atoms with Gasteiger partial charge in [-0.2, -0.15) is 0 Å². The maximum atomic E-state index is 12.4. The largest absolute Gasteiger partial charge is 0.445 e. The normalized spacial score (nSPS) is 16.7. The number of hydrogen-bond donors (Lipinski definition) is 2. The first-order valence-corrected chi connectivity index (χ1v) is 9.97. The number of aromatic nitrogens is 1. The number of amides is 1. The van der Waals surface area contributed by atoms with E-state index in [1.54, 1.807) is 4.90 Å². The number of nitrogens with zero attached hydrogens (tertiary/aromatic N) is 2. The number of aryl methyl sites for hydroxylation is 1. The summed E-state index contributed by atoms with van der Waals surface area (Å²) in [6.07, 6.45) is 0.651. The van der Waals surface area contributed by atoms with Crippen LogP contribution in [-0.4, -0.2) is 48.2 Å². The number of oxazole rings is 1. The van der Waals surface area contributed by atoms with Crippen molar-refractivity contribution in [1.29, 1.82) is 0 Å². The van der Waals surface area contributed by atoms with Gasteiger partial charge in [0.25, 0.3) is 0 Å². The Labute approximate surface area is 170 Å². The zero-order chi connectivity index (χ0) is 20.1. The maximum Gasteiger partial charge on any atom is 0.410 e. The predicted octanol–water partition coefficient (Wildman–Crippen LogP) is 3.55. The van der Waals surface area contributed by atoms with Crippen molar-refractivity contribution in [3.63, 3.8) is 0 Å². The summed E-state index contributed by atoms with van der Waals surface area (Å²) in [7, 11) is 0. The van der Waals surface area contributed by atoms with E-state index >= 15 is 0 Å². The predicted molar refractivity (Wildman–Crippen MR) is 112 cm³/mol. The minimum Gasteiger partial charge on any atom is -0.445 e. The van der Waals surface area contributed by atoms with E-state index in [-0.39, 0.29) is 12.1 Å². The molecule has 1 aromatic heterocycles. The Morgan fingerprint density at radius 1 is 1.31 bits per heavy atom. The Morgan fingerprint density at radius 3 is 3.03 bits per heavy atom. The SMILES string of the molecule is Cc1nc2cc(NCC[C@@H]3CN(C(=O)OCc4ccccc4)CCN3)ccc2o1. The average Bonchev–Trinajstić information content (AvgIpc) is 3.12. The third-order valence-corrected chi connectivity index (χ3v) is 5.04. The molecule has 1 aliphatic heterocycles. The molecule has 1 aliphatic rings. The molecule has 1 fully saturated rings. The molecule has 29 heavy (non-hydrogen) atoms. The molecule has 7 nitrogen and oxygen atoms in total. The van der Waals surface area contributed by atoms with E-state index in [0.29, 0.717) is 25.6 Å². The summed E-state index contributed by atoms with van der Waals surface area (Å²) in [5, 5.41) is 6.91. The summed E-state index contributed by atoms with van der Waals surface area (Å²) in [6, 6.07) is 15.9. The molecule has 1 atom stereocenters. The van der Waals surface area contributed by atoms with Gasteiger partial charge in [0.2, 0.25) is 0 Å². The van der Waals surface area contributed by atoms with E-state index in [1.807, 2.05) is 55.5 Å². The van der Waals surface area contributed by atoms with Gasteiger partial charge in [-0.25, -0.2) is 9.78 Å². The molecular formula is C22H26N4O3. The summed E-state index contributed by atoms with van der Waals surface area (Å²) >= 11 is 0. The van der Waals surface area contributed by atoms with Crippen LogP contribution in [0.1, 0.15) is 17.9 Å². The average molecular weight is 394 g/mol. The molecule has 4 rings (SSSR count). The summed E-state index contributed by atoms with van der Waals surface area (Å²) in [6.45, 7) is 5.04. The molecular weight excluding hydrogens is 368 g/mol. The lowest BCUT2D eigenvalue weighted by atomic mass is 10.1. The molecule has 2 N–H and O–H groups in total. The Morgan fingerprint density at radius 2 is 2.17 bits per heavy atom. The molecule has 152 valence electrons. The highest BCUT2D eigenvalue weighted by Crippen LogP contribution is 2.19. The molecule has 0 aliphatic carbocycles. The zero-order valence-electron chi connectivity index (χ0n) is 16.6. The van der Waals surface area contributed by atoms with Gasteiger partial charge in [-0.1, -0.05) is 30.3 Å². The molecule has 0 unspecified atom stereocenters. The summed E-state index contributed by atoms with van der Waals surface area (Å²) in [5.41, 5.74) is 3.67. The fourth-order valence-corrected chi connectivity index (χ4v) is 3.54.